The summed E-state index contributed by atoms with van der Waals surface area (Å²) in [7, 11) is 0. The summed E-state index contributed by atoms with van der Waals surface area (Å²) in [5.74, 6) is 0.409. The van der Waals surface area contributed by atoms with Crippen molar-refractivity contribution in [2.24, 2.45) is 5.92 Å². The van der Waals surface area contributed by atoms with Crippen molar-refractivity contribution in [3.8, 4) is 0 Å². The van der Waals surface area contributed by atoms with Gasteiger partial charge in [-0.25, -0.2) is 4.79 Å². The van der Waals surface area contributed by atoms with E-state index in [2.05, 4.69) is 10.6 Å². The fourth-order valence-electron chi connectivity index (χ4n) is 3.84. The summed E-state index contributed by atoms with van der Waals surface area (Å²) in [5, 5.41) is 6.79. The number of piperidine rings is 1. The average Bonchev–Trinajstić information content (AvgIpc) is 2.68. The summed E-state index contributed by atoms with van der Waals surface area (Å²) >= 11 is 6.12. The van der Waals surface area contributed by atoms with Crippen LogP contribution in [-0.2, 0) is 11.3 Å². The third-order valence-electron chi connectivity index (χ3n) is 5.49. The second kappa shape index (κ2) is 9.26. The highest BCUT2D eigenvalue weighted by Crippen LogP contribution is 2.24. The molecule has 0 aromatic heterocycles. The van der Waals surface area contributed by atoms with E-state index in [0.717, 1.165) is 31.2 Å². The first kappa shape index (κ1) is 19.0. The summed E-state index contributed by atoms with van der Waals surface area (Å²) in [4.78, 5) is 26.5. The van der Waals surface area contributed by atoms with Gasteiger partial charge in [0.05, 0.1) is 0 Å². The maximum atomic E-state index is 12.4. The summed E-state index contributed by atoms with van der Waals surface area (Å²) in [6, 6.07) is 7.65. The Kier molecular flexibility index (Phi) is 6.78. The molecule has 3 rings (SSSR count). The lowest BCUT2D eigenvalue weighted by molar-refractivity contribution is -0.126. The first-order chi connectivity index (χ1) is 12.6. The third-order valence-corrected chi connectivity index (χ3v) is 5.86. The molecule has 1 saturated carbocycles. The Hall–Kier alpha value is -1.75. The van der Waals surface area contributed by atoms with Crippen molar-refractivity contribution in [1.29, 1.82) is 0 Å². The standard InChI is InChI=1S/C20H28ClN3O2/c21-18-9-5-4-8-16(18)14-22-20(26)24-12-10-17(11-13-24)23-19(25)15-6-2-1-3-7-15/h4-5,8-9,15,17H,1-3,6-7,10-14H2,(H,22,26)(H,23,25). The molecule has 26 heavy (non-hydrogen) atoms. The highest BCUT2D eigenvalue weighted by atomic mass is 35.5. The molecular weight excluding hydrogens is 350 g/mol. The predicted molar refractivity (Wildman–Crippen MR) is 103 cm³/mol. The van der Waals surface area contributed by atoms with E-state index < -0.39 is 0 Å². The van der Waals surface area contributed by atoms with Gasteiger partial charge >= 0.3 is 6.03 Å². The van der Waals surface area contributed by atoms with Gasteiger partial charge in [-0.2, -0.15) is 0 Å². The van der Waals surface area contributed by atoms with Crippen LogP contribution in [0.3, 0.4) is 0 Å². The first-order valence-electron chi connectivity index (χ1n) is 9.70. The number of hydrogen-bond donors (Lipinski definition) is 2. The van der Waals surface area contributed by atoms with Crippen molar-refractivity contribution < 1.29 is 9.59 Å². The van der Waals surface area contributed by atoms with Crippen LogP contribution in [0.4, 0.5) is 4.79 Å². The molecule has 3 amide bonds. The number of halogens is 1. The minimum atomic E-state index is -0.0676. The van der Waals surface area contributed by atoms with Crippen LogP contribution >= 0.6 is 11.6 Å². The smallest absolute Gasteiger partial charge is 0.317 e. The molecule has 2 N–H and O–H groups in total. The fraction of sp³-hybridized carbons (Fsp3) is 0.600. The molecule has 1 aliphatic heterocycles. The van der Waals surface area contributed by atoms with Gasteiger partial charge in [-0.3, -0.25) is 4.79 Å². The van der Waals surface area contributed by atoms with Gasteiger partial charge in [0.25, 0.3) is 0 Å². The third kappa shape index (κ3) is 5.13. The molecule has 0 bridgehead atoms. The van der Waals surface area contributed by atoms with Gasteiger partial charge in [0.2, 0.25) is 5.91 Å². The van der Waals surface area contributed by atoms with Gasteiger partial charge in [-0.05, 0) is 37.3 Å². The monoisotopic (exact) mass is 377 g/mol. The van der Waals surface area contributed by atoms with Gasteiger partial charge < -0.3 is 15.5 Å². The van der Waals surface area contributed by atoms with Crippen LogP contribution in [0.2, 0.25) is 5.02 Å². The topological polar surface area (TPSA) is 61.4 Å². The lowest BCUT2D eigenvalue weighted by Crippen LogP contribution is -2.50. The molecule has 2 aliphatic rings. The number of likely N-dealkylation sites (tertiary alicyclic amines) is 1. The molecule has 0 radical (unpaired) electrons. The molecule has 1 aromatic rings. The molecule has 6 heteroatoms. The Morgan fingerprint density at radius 2 is 1.73 bits per heavy atom. The Labute approximate surface area is 160 Å². The van der Waals surface area contributed by atoms with Crippen LogP contribution in [0.25, 0.3) is 0 Å². The van der Waals surface area contributed by atoms with Crippen molar-refractivity contribution in [2.75, 3.05) is 13.1 Å². The van der Waals surface area contributed by atoms with Gasteiger partial charge in [0.1, 0.15) is 0 Å². The van der Waals surface area contributed by atoms with Crippen LogP contribution < -0.4 is 10.6 Å². The van der Waals surface area contributed by atoms with Crippen molar-refractivity contribution >= 4 is 23.5 Å². The Balaban J connectivity index is 1.39. The van der Waals surface area contributed by atoms with E-state index in [1.165, 1.54) is 19.3 Å². The Bertz CT molecular complexity index is 623. The number of nitrogens with zero attached hydrogens (tertiary/aromatic N) is 1. The van der Waals surface area contributed by atoms with E-state index in [-0.39, 0.29) is 23.9 Å². The number of hydrogen-bond acceptors (Lipinski definition) is 2. The predicted octanol–water partition coefficient (Wildman–Crippen LogP) is 3.71. The van der Waals surface area contributed by atoms with Crippen LogP contribution in [0.15, 0.2) is 24.3 Å². The fourth-order valence-corrected chi connectivity index (χ4v) is 4.04. The molecule has 0 spiro atoms. The molecule has 5 nitrogen and oxygen atoms in total. The number of nitrogens with one attached hydrogen (secondary N) is 2. The van der Waals surface area contributed by atoms with Gasteiger partial charge in [-0.1, -0.05) is 49.1 Å². The van der Waals surface area contributed by atoms with Crippen molar-refractivity contribution in [3.63, 3.8) is 0 Å². The average molecular weight is 378 g/mol. The zero-order valence-electron chi connectivity index (χ0n) is 15.2. The molecule has 1 aromatic carbocycles. The highest BCUT2D eigenvalue weighted by Gasteiger charge is 2.27. The molecular formula is C20H28ClN3O2. The summed E-state index contributed by atoms with van der Waals surface area (Å²) in [5.41, 5.74) is 0.914. The number of amides is 3. The highest BCUT2D eigenvalue weighted by molar-refractivity contribution is 6.31. The minimum absolute atomic E-state index is 0.0676. The van der Waals surface area contributed by atoms with Crippen molar-refractivity contribution in [1.82, 2.24) is 15.5 Å². The van der Waals surface area contributed by atoms with E-state index in [1.807, 2.05) is 29.2 Å². The van der Waals surface area contributed by atoms with Crippen LogP contribution in [-0.4, -0.2) is 36.0 Å². The minimum Gasteiger partial charge on any atom is -0.353 e. The maximum Gasteiger partial charge on any atom is 0.317 e. The van der Waals surface area contributed by atoms with Crippen LogP contribution in [0, 0.1) is 5.92 Å². The summed E-state index contributed by atoms with van der Waals surface area (Å²) in [6.07, 6.45) is 7.27. The van der Waals surface area contributed by atoms with E-state index in [9.17, 15) is 9.59 Å². The molecule has 142 valence electrons. The number of carbonyl (C=O) groups is 2. The summed E-state index contributed by atoms with van der Waals surface area (Å²) < 4.78 is 0. The van der Waals surface area contributed by atoms with E-state index >= 15 is 0 Å². The van der Waals surface area contributed by atoms with E-state index in [0.29, 0.717) is 24.7 Å². The van der Waals surface area contributed by atoms with Crippen LogP contribution in [0.5, 0.6) is 0 Å². The van der Waals surface area contributed by atoms with Gasteiger partial charge in [0, 0.05) is 36.6 Å². The number of benzene rings is 1. The normalized spacial score (nSPS) is 19.2. The number of rotatable bonds is 4. The van der Waals surface area contributed by atoms with Gasteiger partial charge in [0.15, 0.2) is 0 Å². The van der Waals surface area contributed by atoms with Crippen LogP contribution in [0.1, 0.15) is 50.5 Å². The second-order valence-corrected chi connectivity index (χ2v) is 7.76. The van der Waals surface area contributed by atoms with Gasteiger partial charge in [-0.15, -0.1) is 0 Å². The molecule has 1 saturated heterocycles. The number of urea groups is 1. The Morgan fingerprint density at radius 1 is 1.04 bits per heavy atom. The van der Waals surface area contributed by atoms with Crippen molar-refractivity contribution in [2.45, 2.75) is 57.5 Å². The number of carbonyl (C=O) groups excluding carboxylic acids is 2. The first-order valence-corrected chi connectivity index (χ1v) is 10.1. The molecule has 0 atom stereocenters. The van der Waals surface area contributed by atoms with E-state index in [4.69, 9.17) is 11.6 Å². The summed E-state index contributed by atoms with van der Waals surface area (Å²) in [6.45, 7) is 1.77. The molecule has 1 heterocycles. The maximum absolute atomic E-state index is 12.4. The van der Waals surface area contributed by atoms with Crippen molar-refractivity contribution in [3.05, 3.63) is 34.9 Å². The second-order valence-electron chi connectivity index (χ2n) is 7.35. The molecule has 1 aliphatic carbocycles. The molecule has 0 unspecified atom stereocenters. The SMILES string of the molecule is O=C(NC1CCN(C(=O)NCc2ccccc2Cl)CC1)C1CCCCC1. The zero-order valence-corrected chi connectivity index (χ0v) is 15.9. The Morgan fingerprint density at radius 3 is 2.42 bits per heavy atom. The van der Waals surface area contributed by atoms with E-state index in [1.54, 1.807) is 0 Å². The lowest BCUT2D eigenvalue weighted by atomic mass is 9.88. The molecule has 2 fully saturated rings. The largest absolute Gasteiger partial charge is 0.353 e. The quantitative estimate of drug-likeness (QED) is 0.840. The lowest BCUT2D eigenvalue weighted by Gasteiger charge is -2.33. The zero-order chi connectivity index (χ0) is 18.4.